The van der Waals surface area contributed by atoms with Crippen molar-refractivity contribution in [2.75, 3.05) is 27.3 Å². The van der Waals surface area contributed by atoms with Gasteiger partial charge in [0.05, 0.1) is 13.2 Å². The molecule has 0 aliphatic heterocycles. The lowest BCUT2D eigenvalue weighted by Gasteiger charge is -2.09. The van der Waals surface area contributed by atoms with Gasteiger partial charge in [0, 0.05) is 14.1 Å². The molecule has 3 nitrogen and oxygen atoms in total. The first kappa shape index (κ1) is 9.62. The summed E-state index contributed by atoms with van der Waals surface area (Å²) in [5.74, 6) is 0. The van der Waals surface area contributed by atoms with E-state index in [1.165, 1.54) is 0 Å². The molecule has 0 aromatic rings. The van der Waals surface area contributed by atoms with E-state index in [0.717, 1.165) is 5.57 Å². The molecule has 0 heterocycles. The van der Waals surface area contributed by atoms with E-state index in [4.69, 9.17) is 9.94 Å². The smallest absolute Gasteiger partial charge is 0.0893 e. The average molecular weight is 145 g/mol. The van der Waals surface area contributed by atoms with E-state index < -0.39 is 0 Å². The Kier molecular flexibility index (Phi) is 5.20. The van der Waals surface area contributed by atoms with Crippen molar-refractivity contribution < 1.29 is 9.94 Å². The Bertz CT molecular complexity index is 110. The first-order valence-corrected chi connectivity index (χ1v) is 3.23. The summed E-state index contributed by atoms with van der Waals surface area (Å²) in [7, 11) is 3.65. The third-order valence-corrected chi connectivity index (χ3v) is 0.990. The van der Waals surface area contributed by atoms with Crippen molar-refractivity contribution in [3.63, 3.8) is 0 Å². The molecule has 0 amide bonds. The minimum Gasteiger partial charge on any atom is -0.392 e. The van der Waals surface area contributed by atoms with Crippen LogP contribution >= 0.6 is 0 Å². The Morgan fingerprint density at radius 1 is 1.60 bits per heavy atom. The normalized spacial score (nSPS) is 12.7. The summed E-state index contributed by atoms with van der Waals surface area (Å²) in [4.78, 5) is 5.11. The maximum absolute atomic E-state index is 8.46. The van der Waals surface area contributed by atoms with E-state index in [2.05, 4.69) is 0 Å². The van der Waals surface area contributed by atoms with Crippen molar-refractivity contribution in [2.45, 2.75) is 6.92 Å². The second-order valence-corrected chi connectivity index (χ2v) is 2.32. The summed E-state index contributed by atoms with van der Waals surface area (Å²) < 4.78 is 0. The van der Waals surface area contributed by atoms with E-state index in [1.54, 1.807) is 11.1 Å². The maximum Gasteiger partial charge on any atom is 0.0893 e. The fourth-order valence-corrected chi connectivity index (χ4v) is 0.446. The first-order valence-electron chi connectivity index (χ1n) is 3.23. The van der Waals surface area contributed by atoms with Crippen LogP contribution in [0.3, 0.4) is 0 Å². The molecule has 0 fully saturated rings. The van der Waals surface area contributed by atoms with E-state index in [-0.39, 0.29) is 6.61 Å². The van der Waals surface area contributed by atoms with E-state index in [0.29, 0.717) is 6.61 Å². The van der Waals surface area contributed by atoms with Crippen LogP contribution in [-0.2, 0) is 4.84 Å². The number of aliphatic hydroxyl groups is 1. The van der Waals surface area contributed by atoms with Gasteiger partial charge in [0.25, 0.3) is 0 Å². The van der Waals surface area contributed by atoms with Crippen molar-refractivity contribution in [2.24, 2.45) is 0 Å². The van der Waals surface area contributed by atoms with E-state index >= 15 is 0 Å². The van der Waals surface area contributed by atoms with Crippen molar-refractivity contribution in [3.8, 4) is 0 Å². The Hall–Kier alpha value is -0.380. The van der Waals surface area contributed by atoms with Gasteiger partial charge in [-0.2, -0.15) is 5.06 Å². The highest BCUT2D eigenvalue weighted by molar-refractivity contribution is 4.97. The summed E-state index contributed by atoms with van der Waals surface area (Å²) in [6.07, 6.45) is 1.73. The molecule has 0 saturated carbocycles. The van der Waals surface area contributed by atoms with Crippen molar-refractivity contribution >= 4 is 0 Å². The van der Waals surface area contributed by atoms with Crippen LogP contribution in [-0.4, -0.2) is 37.5 Å². The Morgan fingerprint density at radius 3 is 2.60 bits per heavy atom. The minimum absolute atomic E-state index is 0.0859. The number of hydrogen-bond donors (Lipinski definition) is 1. The van der Waals surface area contributed by atoms with Crippen molar-refractivity contribution in [1.29, 1.82) is 0 Å². The molecular weight excluding hydrogens is 130 g/mol. The fourth-order valence-electron chi connectivity index (χ4n) is 0.446. The average Bonchev–Trinajstić information content (AvgIpc) is 1.85. The number of aliphatic hydroxyl groups excluding tert-OH is 1. The van der Waals surface area contributed by atoms with Crippen molar-refractivity contribution in [1.82, 2.24) is 5.06 Å². The van der Waals surface area contributed by atoms with Gasteiger partial charge < -0.3 is 5.11 Å². The third kappa shape index (κ3) is 5.75. The van der Waals surface area contributed by atoms with Gasteiger partial charge >= 0.3 is 0 Å². The number of rotatable bonds is 4. The largest absolute Gasteiger partial charge is 0.392 e. The molecule has 0 aromatic heterocycles. The molecule has 0 aliphatic carbocycles. The van der Waals surface area contributed by atoms with Crippen LogP contribution in [0.15, 0.2) is 11.6 Å². The highest BCUT2D eigenvalue weighted by Crippen LogP contribution is 1.92. The highest BCUT2D eigenvalue weighted by Gasteiger charge is 1.90. The molecule has 0 atom stereocenters. The van der Waals surface area contributed by atoms with Crippen LogP contribution < -0.4 is 0 Å². The number of hydroxylamine groups is 2. The molecule has 0 rings (SSSR count). The highest BCUT2D eigenvalue weighted by atomic mass is 16.7. The van der Waals surface area contributed by atoms with Gasteiger partial charge in [0.1, 0.15) is 0 Å². The molecular formula is C7H15NO2. The predicted molar refractivity (Wildman–Crippen MR) is 40.5 cm³/mol. The molecule has 10 heavy (non-hydrogen) atoms. The lowest BCUT2D eigenvalue weighted by atomic mass is 10.3. The molecule has 0 aromatic carbocycles. The first-order chi connectivity index (χ1) is 4.66. The molecule has 0 spiro atoms. The molecule has 0 aliphatic rings. The molecule has 1 N–H and O–H groups in total. The standard InChI is InChI=1S/C7H15NO2/c1-7(4-5-9)6-10-8(2)3/h4,9H,5-6H2,1-3H3. The fraction of sp³-hybridized carbons (Fsp3) is 0.714. The second-order valence-electron chi connectivity index (χ2n) is 2.32. The zero-order chi connectivity index (χ0) is 7.98. The van der Waals surface area contributed by atoms with Gasteiger partial charge in [0.2, 0.25) is 0 Å². The minimum atomic E-state index is 0.0859. The number of nitrogens with zero attached hydrogens (tertiary/aromatic N) is 1. The van der Waals surface area contributed by atoms with Gasteiger partial charge in [-0.05, 0) is 12.5 Å². The SMILES string of the molecule is CC(=CCO)CON(C)C. The Labute approximate surface area is 61.9 Å². The molecule has 0 radical (unpaired) electrons. The van der Waals surface area contributed by atoms with Gasteiger partial charge in [-0.15, -0.1) is 0 Å². The van der Waals surface area contributed by atoms with Gasteiger partial charge in [-0.3, -0.25) is 4.84 Å². The zero-order valence-electron chi connectivity index (χ0n) is 6.79. The summed E-state index contributed by atoms with van der Waals surface area (Å²) in [6, 6.07) is 0. The van der Waals surface area contributed by atoms with Crippen molar-refractivity contribution in [3.05, 3.63) is 11.6 Å². The molecule has 0 saturated heterocycles. The summed E-state index contributed by atoms with van der Waals surface area (Å²) >= 11 is 0. The van der Waals surface area contributed by atoms with E-state index in [1.807, 2.05) is 21.0 Å². The second kappa shape index (κ2) is 5.41. The van der Waals surface area contributed by atoms with Crippen LogP contribution in [0, 0.1) is 0 Å². The molecule has 0 unspecified atom stereocenters. The number of hydrogen-bond acceptors (Lipinski definition) is 3. The molecule has 0 bridgehead atoms. The van der Waals surface area contributed by atoms with Crippen LogP contribution in [0.4, 0.5) is 0 Å². The quantitative estimate of drug-likeness (QED) is 0.459. The van der Waals surface area contributed by atoms with Crippen LogP contribution in [0.25, 0.3) is 0 Å². The van der Waals surface area contributed by atoms with Gasteiger partial charge in [-0.1, -0.05) is 6.08 Å². The lowest BCUT2D eigenvalue weighted by Crippen LogP contribution is -2.13. The van der Waals surface area contributed by atoms with Gasteiger partial charge in [0.15, 0.2) is 0 Å². The van der Waals surface area contributed by atoms with E-state index in [9.17, 15) is 0 Å². The maximum atomic E-state index is 8.46. The third-order valence-electron chi connectivity index (χ3n) is 0.990. The molecule has 3 heteroatoms. The topological polar surface area (TPSA) is 32.7 Å². The van der Waals surface area contributed by atoms with Gasteiger partial charge in [-0.25, -0.2) is 0 Å². The van der Waals surface area contributed by atoms with Crippen LogP contribution in [0.5, 0.6) is 0 Å². The predicted octanol–water partition coefficient (Wildman–Crippen LogP) is 0.418. The lowest BCUT2D eigenvalue weighted by molar-refractivity contribution is -0.109. The monoisotopic (exact) mass is 145 g/mol. The summed E-state index contributed by atoms with van der Waals surface area (Å²) in [6.45, 7) is 2.55. The van der Waals surface area contributed by atoms with Crippen LogP contribution in [0.2, 0.25) is 0 Å². The Balaban J connectivity index is 3.39. The molecule has 60 valence electrons. The zero-order valence-corrected chi connectivity index (χ0v) is 6.79. The summed E-state index contributed by atoms with van der Waals surface area (Å²) in [5, 5.41) is 10.1. The Morgan fingerprint density at radius 2 is 2.20 bits per heavy atom. The summed E-state index contributed by atoms with van der Waals surface area (Å²) in [5.41, 5.74) is 1.04. The van der Waals surface area contributed by atoms with Crippen LogP contribution in [0.1, 0.15) is 6.92 Å².